The van der Waals surface area contributed by atoms with Crippen LogP contribution in [0.3, 0.4) is 0 Å². The smallest absolute Gasteiger partial charge is 0.0555 e. The van der Waals surface area contributed by atoms with E-state index in [0.29, 0.717) is 0 Å². The zero-order valence-corrected chi connectivity index (χ0v) is 29.5. The Morgan fingerprint density at radius 1 is 0.269 bits per heavy atom. The molecular formula is C48H28N2S2. The Hall–Kier alpha value is -6.20. The van der Waals surface area contributed by atoms with Crippen LogP contribution in [0, 0.1) is 0 Å². The minimum Gasteiger partial charge on any atom is -0.309 e. The van der Waals surface area contributed by atoms with E-state index in [2.05, 4.69) is 179 Å². The van der Waals surface area contributed by atoms with Crippen LogP contribution in [-0.2, 0) is 0 Å². The summed E-state index contributed by atoms with van der Waals surface area (Å²) in [5.41, 5.74) is 9.71. The van der Waals surface area contributed by atoms with Gasteiger partial charge in [-0.05, 0) is 90.0 Å². The Bertz CT molecular complexity index is 3400. The summed E-state index contributed by atoms with van der Waals surface area (Å²) in [5, 5.41) is 10.4. The lowest BCUT2D eigenvalue weighted by molar-refractivity contribution is 1.18. The van der Waals surface area contributed by atoms with Crippen molar-refractivity contribution in [3.8, 4) is 22.5 Å². The molecule has 0 aliphatic carbocycles. The topological polar surface area (TPSA) is 9.86 Å². The normalized spacial score (nSPS) is 12.2. The lowest BCUT2D eigenvalue weighted by atomic mass is 10.0. The van der Waals surface area contributed by atoms with Crippen LogP contribution in [0.5, 0.6) is 0 Å². The van der Waals surface area contributed by atoms with Gasteiger partial charge in [-0.1, -0.05) is 91.0 Å². The summed E-state index contributed by atoms with van der Waals surface area (Å²) >= 11 is 3.76. The predicted octanol–water partition coefficient (Wildman–Crippen LogP) is 14.3. The van der Waals surface area contributed by atoms with E-state index in [4.69, 9.17) is 0 Å². The second kappa shape index (κ2) is 10.7. The molecule has 0 atom stereocenters. The molecule has 0 spiro atoms. The molecular weight excluding hydrogens is 669 g/mol. The van der Waals surface area contributed by atoms with Crippen LogP contribution in [0.4, 0.5) is 0 Å². The summed E-state index contributed by atoms with van der Waals surface area (Å²) in [7, 11) is 0. The molecule has 4 heteroatoms. The summed E-state index contributed by atoms with van der Waals surface area (Å²) in [6.45, 7) is 0. The molecule has 0 bridgehead atoms. The van der Waals surface area contributed by atoms with Crippen LogP contribution in [-0.4, -0.2) is 9.13 Å². The van der Waals surface area contributed by atoms with Crippen LogP contribution >= 0.6 is 22.7 Å². The molecule has 12 rings (SSSR count). The van der Waals surface area contributed by atoms with E-state index >= 15 is 0 Å². The SMILES string of the molecule is c1ccc(-n2c3ccc(-c4ccc5c6cc7c(cc6n(-c6ccccc6)c5c4)sc4ccccc47)cc3c3cc4c(cc32)sc2ccccc24)cc1. The van der Waals surface area contributed by atoms with Gasteiger partial charge in [-0.25, -0.2) is 0 Å². The second-order valence-electron chi connectivity index (χ2n) is 13.7. The third-order valence-electron chi connectivity index (χ3n) is 10.9. The Morgan fingerprint density at radius 2 is 0.731 bits per heavy atom. The zero-order chi connectivity index (χ0) is 33.9. The molecule has 4 heterocycles. The summed E-state index contributed by atoms with van der Waals surface area (Å²) in [6, 6.07) is 62.9. The largest absolute Gasteiger partial charge is 0.309 e. The van der Waals surface area contributed by atoms with E-state index in [0.717, 1.165) is 0 Å². The highest BCUT2D eigenvalue weighted by Gasteiger charge is 2.19. The van der Waals surface area contributed by atoms with E-state index in [-0.39, 0.29) is 0 Å². The van der Waals surface area contributed by atoms with Crippen molar-refractivity contribution in [1.29, 1.82) is 0 Å². The van der Waals surface area contributed by atoms with Gasteiger partial charge in [0, 0.05) is 73.3 Å². The van der Waals surface area contributed by atoms with Crippen molar-refractivity contribution in [3.05, 3.63) is 170 Å². The molecule has 2 nitrogen and oxygen atoms in total. The van der Waals surface area contributed by atoms with Crippen LogP contribution in [0.2, 0.25) is 0 Å². The van der Waals surface area contributed by atoms with Crippen LogP contribution in [0.1, 0.15) is 0 Å². The molecule has 0 aliphatic heterocycles. The van der Waals surface area contributed by atoms with E-state index < -0.39 is 0 Å². The van der Waals surface area contributed by atoms with Gasteiger partial charge in [0.25, 0.3) is 0 Å². The number of fused-ring (bicyclic) bond motifs is 12. The van der Waals surface area contributed by atoms with Crippen molar-refractivity contribution in [2.24, 2.45) is 0 Å². The highest BCUT2D eigenvalue weighted by Crippen LogP contribution is 2.44. The van der Waals surface area contributed by atoms with Crippen molar-refractivity contribution < 1.29 is 0 Å². The van der Waals surface area contributed by atoms with Gasteiger partial charge in [-0.2, -0.15) is 0 Å². The van der Waals surface area contributed by atoms with E-state index in [1.807, 2.05) is 22.7 Å². The van der Waals surface area contributed by atoms with Gasteiger partial charge < -0.3 is 9.13 Å². The Balaban J connectivity index is 1.13. The Morgan fingerprint density at radius 3 is 1.35 bits per heavy atom. The maximum absolute atomic E-state index is 2.45. The molecule has 0 amide bonds. The summed E-state index contributed by atoms with van der Waals surface area (Å²) in [6.07, 6.45) is 0. The van der Waals surface area contributed by atoms with Crippen molar-refractivity contribution in [1.82, 2.24) is 9.13 Å². The van der Waals surface area contributed by atoms with Crippen molar-refractivity contribution in [2.45, 2.75) is 0 Å². The van der Waals surface area contributed by atoms with Gasteiger partial charge in [-0.3, -0.25) is 0 Å². The van der Waals surface area contributed by atoms with Gasteiger partial charge >= 0.3 is 0 Å². The molecule has 8 aromatic carbocycles. The van der Waals surface area contributed by atoms with E-state index in [1.165, 1.54) is 106 Å². The average Bonchev–Trinajstić information content (AvgIpc) is 3.93. The first-order chi connectivity index (χ1) is 25.8. The Labute approximate surface area is 306 Å². The third-order valence-corrected chi connectivity index (χ3v) is 13.2. The van der Waals surface area contributed by atoms with Crippen LogP contribution in [0.25, 0.3) is 106 Å². The molecule has 0 N–H and O–H groups in total. The third kappa shape index (κ3) is 3.99. The standard InChI is InChI=1S/C48H28N2S2/c1-3-11-31(12-4-1)49-41-22-20-29(23-36(41)38-26-40-35-16-8-10-18-46(35)52-48(40)28-44(38)49)30-19-21-33-37-25-39-34-15-7-9-17-45(34)51-47(39)27-43(37)50(42(33)24-30)32-13-5-2-6-14-32/h1-28H. The first-order valence-corrected chi connectivity index (χ1v) is 19.3. The van der Waals surface area contributed by atoms with Crippen LogP contribution in [0.15, 0.2) is 170 Å². The number of hydrogen-bond acceptors (Lipinski definition) is 2. The summed E-state index contributed by atoms with van der Waals surface area (Å²) in [4.78, 5) is 0. The number of nitrogens with zero attached hydrogens (tertiary/aromatic N) is 2. The monoisotopic (exact) mass is 696 g/mol. The summed E-state index contributed by atoms with van der Waals surface area (Å²) in [5.74, 6) is 0. The minimum atomic E-state index is 1.17. The predicted molar refractivity (Wildman–Crippen MR) is 226 cm³/mol. The number of rotatable bonds is 3. The zero-order valence-electron chi connectivity index (χ0n) is 27.9. The lowest BCUT2D eigenvalue weighted by Crippen LogP contribution is -1.93. The molecule has 52 heavy (non-hydrogen) atoms. The van der Waals surface area contributed by atoms with E-state index in [1.54, 1.807) is 0 Å². The summed E-state index contributed by atoms with van der Waals surface area (Å²) < 4.78 is 10.2. The minimum absolute atomic E-state index is 1.17. The molecule has 0 saturated heterocycles. The first kappa shape index (κ1) is 28.5. The van der Waals surface area contributed by atoms with Crippen molar-refractivity contribution >= 4 is 107 Å². The number of aromatic nitrogens is 2. The molecule has 242 valence electrons. The maximum Gasteiger partial charge on any atom is 0.0555 e. The Kier molecular flexibility index (Phi) is 5.84. The van der Waals surface area contributed by atoms with Gasteiger partial charge in [-0.15, -0.1) is 22.7 Å². The molecule has 0 saturated carbocycles. The van der Waals surface area contributed by atoms with E-state index in [9.17, 15) is 0 Å². The van der Waals surface area contributed by atoms with Gasteiger partial charge in [0.1, 0.15) is 0 Å². The fourth-order valence-corrected chi connectivity index (χ4v) is 10.8. The molecule has 0 radical (unpaired) electrons. The van der Waals surface area contributed by atoms with Gasteiger partial charge in [0.15, 0.2) is 0 Å². The highest BCUT2D eigenvalue weighted by atomic mass is 32.1. The number of para-hydroxylation sites is 2. The van der Waals surface area contributed by atoms with Gasteiger partial charge in [0.05, 0.1) is 22.1 Å². The molecule has 0 aliphatic rings. The fraction of sp³-hybridized carbons (Fsp3) is 0. The second-order valence-corrected chi connectivity index (χ2v) is 15.9. The lowest BCUT2D eigenvalue weighted by Gasteiger charge is -2.10. The van der Waals surface area contributed by atoms with Crippen molar-refractivity contribution in [3.63, 3.8) is 0 Å². The molecule has 12 aromatic rings. The average molecular weight is 697 g/mol. The number of hydrogen-bond donors (Lipinski definition) is 0. The molecule has 4 aromatic heterocycles. The quantitative estimate of drug-likeness (QED) is 0.174. The number of thiophene rings is 2. The van der Waals surface area contributed by atoms with Crippen molar-refractivity contribution in [2.75, 3.05) is 0 Å². The molecule has 0 fully saturated rings. The van der Waals surface area contributed by atoms with Crippen LogP contribution < -0.4 is 0 Å². The molecule has 0 unspecified atom stereocenters. The number of benzene rings is 8. The first-order valence-electron chi connectivity index (χ1n) is 17.7. The highest BCUT2D eigenvalue weighted by molar-refractivity contribution is 7.26. The van der Waals surface area contributed by atoms with Gasteiger partial charge in [0.2, 0.25) is 0 Å². The maximum atomic E-state index is 2.45. The fourth-order valence-electron chi connectivity index (χ4n) is 8.54.